The molecule has 0 bridgehead atoms. The highest BCUT2D eigenvalue weighted by atomic mass is 32.1. The summed E-state index contributed by atoms with van der Waals surface area (Å²) in [6.07, 6.45) is 1.02. The minimum Gasteiger partial charge on any atom is -0.375 e. The number of morpholine rings is 1. The van der Waals surface area contributed by atoms with Crippen LogP contribution in [0.15, 0.2) is 12.1 Å². The molecule has 1 amide bonds. The summed E-state index contributed by atoms with van der Waals surface area (Å²) >= 11 is 1.41. The maximum absolute atomic E-state index is 12.3. The fourth-order valence-electron chi connectivity index (χ4n) is 2.84. The van der Waals surface area contributed by atoms with Crippen LogP contribution in [0, 0.1) is 6.92 Å². The molecule has 7 heteroatoms. The number of carbonyl (C=O) groups excluding carboxylic acids is 1. The van der Waals surface area contributed by atoms with Crippen LogP contribution >= 0.6 is 11.3 Å². The molecule has 0 saturated carbocycles. The van der Waals surface area contributed by atoms with Crippen molar-refractivity contribution in [2.45, 2.75) is 19.4 Å². The van der Waals surface area contributed by atoms with Crippen molar-refractivity contribution in [1.82, 2.24) is 15.2 Å². The van der Waals surface area contributed by atoms with Crippen LogP contribution < -0.4 is 11.1 Å². The summed E-state index contributed by atoms with van der Waals surface area (Å²) in [5, 5.41) is 3.50. The van der Waals surface area contributed by atoms with Gasteiger partial charge in [-0.1, -0.05) is 11.3 Å². The van der Waals surface area contributed by atoms with Crippen molar-refractivity contribution in [1.29, 1.82) is 0 Å². The summed E-state index contributed by atoms with van der Waals surface area (Å²) < 4.78 is 6.65. The first-order chi connectivity index (χ1) is 11.0. The number of nitrogens with one attached hydrogen (secondary N) is 1. The largest absolute Gasteiger partial charge is 0.375 e. The van der Waals surface area contributed by atoms with Gasteiger partial charge in [0.2, 0.25) is 0 Å². The Balaban J connectivity index is 1.59. The van der Waals surface area contributed by atoms with E-state index in [-0.39, 0.29) is 12.0 Å². The molecule has 1 aromatic heterocycles. The molecule has 2 heterocycles. The van der Waals surface area contributed by atoms with Gasteiger partial charge in [0.1, 0.15) is 0 Å². The van der Waals surface area contributed by atoms with E-state index in [1.165, 1.54) is 11.3 Å². The number of nitrogens with two attached hydrogens (primary N) is 1. The molecule has 1 aliphatic rings. The van der Waals surface area contributed by atoms with E-state index in [4.69, 9.17) is 10.5 Å². The molecule has 1 unspecified atom stereocenters. The first kappa shape index (κ1) is 16.2. The summed E-state index contributed by atoms with van der Waals surface area (Å²) in [5.74, 6) is -0.0638. The minimum absolute atomic E-state index is 0.0638. The highest BCUT2D eigenvalue weighted by Gasteiger charge is 2.18. The summed E-state index contributed by atoms with van der Waals surface area (Å²) in [7, 11) is 2.09. The smallest absolute Gasteiger partial charge is 0.251 e. The average molecular weight is 334 g/mol. The molecule has 0 aliphatic carbocycles. The molecule has 1 saturated heterocycles. The van der Waals surface area contributed by atoms with Crippen molar-refractivity contribution >= 4 is 32.6 Å². The number of likely N-dealkylation sites (N-methyl/N-ethyl adjacent to an activating group) is 1. The van der Waals surface area contributed by atoms with Gasteiger partial charge in [-0.25, -0.2) is 4.98 Å². The summed E-state index contributed by atoms with van der Waals surface area (Å²) in [4.78, 5) is 18.9. The number of nitrogens with zero attached hydrogens (tertiary/aromatic N) is 2. The predicted octanol–water partition coefficient (Wildman–Crippen LogP) is 1.64. The van der Waals surface area contributed by atoms with Crippen molar-refractivity contribution in [2.24, 2.45) is 0 Å². The first-order valence-corrected chi connectivity index (χ1v) is 8.59. The molecular formula is C16H22N4O2S. The Kier molecular flexibility index (Phi) is 4.79. The Labute approximate surface area is 139 Å². The number of nitrogen functional groups attached to an aromatic ring is 1. The van der Waals surface area contributed by atoms with Gasteiger partial charge in [-0.05, 0) is 38.1 Å². The number of thiazole rings is 1. The normalized spacial score (nSPS) is 19.1. The van der Waals surface area contributed by atoms with E-state index in [0.717, 1.165) is 41.9 Å². The van der Waals surface area contributed by atoms with E-state index in [9.17, 15) is 4.79 Å². The molecule has 3 N–H and O–H groups in total. The van der Waals surface area contributed by atoms with Gasteiger partial charge in [0.05, 0.1) is 22.9 Å². The lowest BCUT2D eigenvalue weighted by Crippen LogP contribution is -2.41. The second-order valence-electron chi connectivity index (χ2n) is 5.99. The highest BCUT2D eigenvalue weighted by Crippen LogP contribution is 2.27. The minimum atomic E-state index is -0.0638. The molecule has 1 aromatic carbocycles. The number of amides is 1. The van der Waals surface area contributed by atoms with Gasteiger partial charge in [-0.15, -0.1) is 0 Å². The number of ether oxygens (including phenoxy) is 1. The number of hydrogen-bond donors (Lipinski definition) is 2. The molecule has 23 heavy (non-hydrogen) atoms. The number of carbonyl (C=O) groups is 1. The predicted molar refractivity (Wildman–Crippen MR) is 93.0 cm³/mol. The summed E-state index contributed by atoms with van der Waals surface area (Å²) in [6.45, 7) is 5.21. The van der Waals surface area contributed by atoms with Gasteiger partial charge in [0, 0.05) is 25.2 Å². The fraction of sp³-hybridized carbons (Fsp3) is 0.500. The molecule has 0 spiro atoms. The zero-order chi connectivity index (χ0) is 16.4. The van der Waals surface area contributed by atoms with E-state index in [0.29, 0.717) is 17.2 Å². The topological polar surface area (TPSA) is 80.5 Å². The molecule has 124 valence electrons. The Morgan fingerprint density at radius 2 is 2.39 bits per heavy atom. The summed E-state index contributed by atoms with van der Waals surface area (Å²) in [6, 6.07) is 3.72. The van der Waals surface area contributed by atoms with Crippen molar-refractivity contribution in [3.63, 3.8) is 0 Å². The van der Waals surface area contributed by atoms with E-state index in [2.05, 4.69) is 22.2 Å². The van der Waals surface area contributed by atoms with Crippen LogP contribution in [0.25, 0.3) is 10.2 Å². The van der Waals surface area contributed by atoms with Gasteiger partial charge in [-0.3, -0.25) is 4.79 Å². The molecular weight excluding hydrogens is 312 g/mol. The summed E-state index contributed by atoms with van der Waals surface area (Å²) in [5.41, 5.74) is 8.25. The first-order valence-electron chi connectivity index (χ1n) is 7.78. The van der Waals surface area contributed by atoms with Gasteiger partial charge < -0.3 is 20.7 Å². The van der Waals surface area contributed by atoms with Crippen molar-refractivity contribution in [3.8, 4) is 0 Å². The molecule has 6 nitrogen and oxygen atoms in total. The average Bonchev–Trinajstić information content (AvgIpc) is 2.88. The second-order valence-corrected chi connectivity index (χ2v) is 7.05. The number of hydrogen-bond acceptors (Lipinski definition) is 6. The standard InChI is InChI=1S/C16H22N4O2S/c1-10-7-11(8-13-14(10)19-16(17)23-13)15(21)18-4-3-12-9-20(2)5-6-22-12/h7-8,12H,3-6,9H2,1-2H3,(H2,17,19)(H,18,21). The monoisotopic (exact) mass is 334 g/mol. The highest BCUT2D eigenvalue weighted by molar-refractivity contribution is 7.22. The Morgan fingerprint density at radius 3 is 3.17 bits per heavy atom. The molecule has 1 aliphatic heterocycles. The van der Waals surface area contributed by atoms with Crippen molar-refractivity contribution in [3.05, 3.63) is 23.3 Å². The lowest BCUT2D eigenvalue weighted by molar-refractivity contribution is -0.0226. The third-order valence-electron chi connectivity index (χ3n) is 4.06. The van der Waals surface area contributed by atoms with Crippen LogP contribution in [0.2, 0.25) is 0 Å². The van der Waals surface area contributed by atoms with Gasteiger partial charge >= 0.3 is 0 Å². The Hall–Kier alpha value is -1.70. The maximum Gasteiger partial charge on any atom is 0.251 e. The van der Waals surface area contributed by atoms with Crippen LogP contribution in [-0.4, -0.2) is 55.2 Å². The number of fused-ring (bicyclic) bond motifs is 1. The van der Waals surface area contributed by atoms with E-state index >= 15 is 0 Å². The molecule has 3 rings (SSSR count). The number of benzene rings is 1. The Morgan fingerprint density at radius 1 is 1.57 bits per heavy atom. The molecule has 2 aromatic rings. The molecule has 1 atom stereocenters. The van der Waals surface area contributed by atoms with Gasteiger partial charge in [0.15, 0.2) is 5.13 Å². The van der Waals surface area contributed by atoms with Crippen molar-refractivity contribution in [2.75, 3.05) is 39.0 Å². The van der Waals surface area contributed by atoms with Crippen LogP contribution in [0.3, 0.4) is 0 Å². The van der Waals surface area contributed by atoms with E-state index in [1.807, 2.05) is 19.1 Å². The van der Waals surface area contributed by atoms with Crippen LogP contribution in [0.4, 0.5) is 5.13 Å². The fourth-order valence-corrected chi connectivity index (χ4v) is 3.69. The lowest BCUT2D eigenvalue weighted by atomic mass is 10.1. The molecule has 0 radical (unpaired) electrons. The van der Waals surface area contributed by atoms with Crippen LogP contribution in [0.5, 0.6) is 0 Å². The maximum atomic E-state index is 12.3. The number of aromatic nitrogens is 1. The van der Waals surface area contributed by atoms with Crippen LogP contribution in [-0.2, 0) is 4.74 Å². The zero-order valence-corrected chi connectivity index (χ0v) is 14.3. The Bertz CT molecular complexity index is 715. The molecule has 1 fully saturated rings. The second kappa shape index (κ2) is 6.82. The third-order valence-corrected chi connectivity index (χ3v) is 4.89. The third kappa shape index (κ3) is 3.80. The van der Waals surface area contributed by atoms with E-state index < -0.39 is 0 Å². The van der Waals surface area contributed by atoms with Crippen LogP contribution in [0.1, 0.15) is 22.3 Å². The SMILES string of the molecule is Cc1cc(C(=O)NCCC2CN(C)CCO2)cc2sc(N)nc12. The number of rotatable bonds is 4. The van der Waals surface area contributed by atoms with E-state index in [1.54, 1.807) is 0 Å². The van der Waals surface area contributed by atoms with Gasteiger partial charge in [0.25, 0.3) is 5.91 Å². The van der Waals surface area contributed by atoms with Gasteiger partial charge in [-0.2, -0.15) is 0 Å². The number of anilines is 1. The lowest BCUT2D eigenvalue weighted by Gasteiger charge is -2.30. The van der Waals surface area contributed by atoms with Crippen molar-refractivity contribution < 1.29 is 9.53 Å². The zero-order valence-electron chi connectivity index (χ0n) is 13.5. The quantitative estimate of drug-likeness (QED) is 0.888. The number of aryl methyl sites for hydroxylation is 1.